The molecule has 1 unspecified atom stereocenters. The monoisotopic (exact) mass is 271 g/mol. The summed E-state index contributed by atoms with van der Waals surface area (Å²) < 4.78 is 0. The quantitative estimate of drug-likeness (QED) is 0.501. The van der Waals surface area contributed by atoms with Crippen molar-refractivity contribution in [1.29, 1.82) is 0 Å². The molecule has 0 bridgehead atoms. The Balaban J connectivity index is 2.44. The number of nitrogens with two attached hydrogens (primary N) is 1. The molecular weight excluding hydrogens is 258 g/mol. The zero-order valence-corrected chi connectivity index (χ0v) is 10.7. The highest BCUT2D eigenvalue weighted by Gasteiger charge is 2.29. The van der Waals surface area contributed by atoms with Crippen molar-refractivity contribution in [3.8, 4) is 0 Å². The van der Waals surface area contributed by atoms with Crippen LogP contribution in [-0.2, 0) is 0 Å². The van der Waals surface area contributed by atoms with E-state index in [1.807, 2.05) is 4.90 Å². The van der Waals surface area contributed by atoms with Crippen LogP contribution in [0.15, 0.2) is 0 Å². The van der Waals surface area contributed by atoms with Gasteiger partial charge in [-0.3, -0.25) is 10.1 Å². The fourth-order valence-corrected chi connectivity index (χ4v) is 2.38. The van der Waals surface area contributed by atoms with Crippen molar-refractivity contribution in [3.63, 3.8) is 0 Å². The molecule has 0 saturated carbocycles. The number of hydrogen-bond donors (Lipinski definition) is 1. The normalized spacial score (nSPS) is 19.9. The molecule has 2 N–H and O–H groups in total. The minimum atomic E-state index is -0.555. The van der Waals surface area contributed by atoms with Crippen LogP contribution in [0.3, 0.4) is 0 Å². The lowest BCUT2D eigenvalue weighted by molar-refractivity contribution is -0.383. The Morgan fingerprint density at radius 2 is 2.28 bits per heavy atom. The summed E-state index contributed by atoms with van der Waals surface area (Å²) in [4.78, 5) is 20.0. The molecule has 1 aliphatic heterocycles. The van der Waals surface area contributed by atoms with E-state index in [4.69, 9.17) is 17.3 Å². The van der Waals surface area contributed by atoms with E-state index in [1.165, 1.54) is 0 Å². The molecule has 0 radical (unpaired) electrons. The summed E-state index contributed by atoms with van der Waals surface area (Å²) in [6.07, 6.45) is 2.08. The maximum atomic E-state index is 11.1. The van der Waals surface area contributed by atoms with Gasteiger partial charge in [-0.15, -0.1) is 0 Å². The molecule has 2 heterocycles. The molecule has 0 aromatic carbocycles. The Kier molecular flexibility index (Phi) is 3.51. The second kappa shape index (κ2) is 4.93. The van der Waals surface area contributed by atoms with Gasteiger partial charge in [0.2, 0.25) is 16.9 Å². The number of nitro groups is 1. The van der Waals surface area contributed by atoms with Crippen LogP contribution in [0.25, 0.3) is 0 Å². The molecule has 0 spiro atoms. The third-order valence-electron chi connectivity index (χ3n) is 3.00. The maximum Gasteiger partial charge on any atom is 0.353 e. The van der Waals surface area contributed by atoms with Crippen LogP contribution in [0.5, 0.6) is 0 Å². The Morgan fingerprint density at radius 1 is 1.56 bits per heavy atom. The molecular formula is C10H14ClN5O2. The molecule has 1 aliphatic rings. The van der Waals surface area contributed by atoms with E-state index in [9.17, 15) is 10.1 Å². The SMILES string of the molecule is CC1CCCN(c2nc(Cl)nc(N)c2[N+](=O)[O-])C1. The van der Waals surface area contributed by atoms with E-state index in [-0.39, 0.29) is 22.6 Å². The van der Waals surface area contributed by atoms with Crippen molar-refractivity contribution in [2.75, 3.05) is 23.7 Å². The van der Waals surface area contributed by atoms with Crippen molar-refractivity contribution in [1.82, 2.24) is 9.97 Å². The van der Waals surface area contributed by atoms with Crippen LogP contribution in [0.4, 0.5) is 17.3 Å². The average Bonchev–Trinajstić information content (AvgIpc) is 2.27. The van der Waals surface area contributed by atoms with Gasteiger partial charge in [0.15, 0.2) is 0 Å². The first-order valence-electron chi connectivity index (χ1n) is 5.71. The number of nitrogens with zero attached hydrogens (tertiary/aromatic N) is 4. The second-order valence-electron chi connectivity index (χ2n) is 4.50. The van der Waals surface area contributed by atoms with Crippen LogP contribution in [0.1, 0.15) is 19.8 Å². The van der Waals surface area contributed by atoms with Gasteiger partial charge in [-0.1, -0.05) is 6.92 Å². The highest BCUT2D eigenvalue weighted by molar-refractivity contribution is 6.28. The molecule has 8 heteroatoms. The summed E-state index contributed by atoms with van der Waals surface area (Å²) in [5.41, 5.74) is 5.30. The lowest BCUT2D eigenvalue weighted by Crippen LogP contribution is -2.35. The highest BCUT2D eigenvalue weighted by Crippen LogP contribution is 2.34. The minimum absolute atomic E-state index is 0.0636. The van der Waals surface area contributed by atoms with Crippen molar-refractivity contribution in [2.24, 2.45) is 5.92 Å². The fourth-order valence-electron chi connectivity index (χ4n) is 2.21. The molecule has 1 atom stereocenters. The van der Waals surface area contributed by atoms with E-state index >= 15 is 0 Å². The summed E-state index contributed by atoms with van der Waals surface area (Å²) >= 11 is 5.73. The molecule has 1 saturated heterocycles. The third-order valence-corrected chi connectivity index (χ3v) is 3.17. The standard InChI is InChI=1S/C10H14ClN5O2/c1-6-3-2-4-15(5-6)9-7(16(17)18)8(12)13-10(11)14-9/h6H,2-5H2,1H3,(H2,12,13,14). The Hall–Kier alpha value is -1.63. The fraction of sp³-hybridized carbons (Fsp3) is 0.600. The van der Waals surface area contributed by atoms with Gasteiger partial charge in [0.1, 0.15) is 0 Å². The topological polar surface area (TPSA) is 98.2 Å². The second-order valence-corrected chi connectivity index (χ2v) is 4.84. The number of halogens is 1. The highest BCUT2D eigenvalue weighted by atomic mass is 35.5. The van der Waals surface area contributed by atoms with Gasteiger partial charge in [0, 0.05) is 13.1 Å². The molecule has 2 rings (SSSR count). The third kappa shape index (κ3) is 2.45. The summed E-state index contributed by atoms with van der Waals surface area (Å²) in [5.74, 6) is 0.505. The van der Waals surface area contributed by atoms with Gasteiger partial charge in [-0.2, -0.15) is 9.97 Å². The van der Waals surface area contributed by atoms with Crippen LogP contribution in [0.2, 0.25) is 5.28 Å². The average molecular weight is 272 g/mol. The van der Waals surface area contributed by atoms with Gasteiger partial charge < -0.3 is 10.6 Å². The number of rotatable bonds is 2. The van der Waals surface area contributed by atoms with Gasteiger partial charge in [-0.05, 0) is 30.4 Å². The molecule has 7 nitrogen and oxygen atoms in total. The molecule has 18 heavy (non-hydrogen) atoms. The Labute approximate surface area is 109 Å². The van der Waals surface area contributed by atoms with E-state index in [0.717, 1.165) is 19.4 Å². The molecule has 98 valence electrons. The van der Waals surface area contributed by atoms with Gasteiger partial charge in [0.25, 0.3) is 0 Å². The lowest BCUT2D eigenvalue weighted by Gasteiger charge is -2.31. The van der Waals surface area contributed by atoms with E-state index in [0.29, 0.717) is 12.5 Å². The predicted octanol–water partition coefficient (Wildman–Crippen LogP) is 1.86. The number of piperidine rings is 1. The summed E-state index contributed by atoms with van der Waals surface area (Å²) in [5, 5.41) is 11.0. The largest absolute Gasteiger partial charge is 0.378 e. The van der Waals surface area contributed by atoms with E-state index in [1.54, 1.807) is 0 Å². The molecule has 0 aliphatic carbocycles. The minimum Gasteiger partial charge on any atom is -0.378 e. The van der Waals surface area contributed by atoms with Crippen LogP contribution >= 0.6 is 11.6 Å². The molecule has 0 amide bonds. The van der Waals surface area contributed by atoms with Crippen molar-refractivity contribution in [2.45, 2.75) is 19.8 Å². The van der Waals surface area contributed by atoms with E-state index in [2.05, 4.69) is 16.9 Å². The summed E-state index contributed by atoms with van der Waals surface area (Å²) in [7, 11) is 0. The molecule has 1 aromatic heterocycles. The van der Waals surface area contributed by atoms with Gasteiger partial charge >= 0.3 is 5.69 Å². The van der Waals surface area contributed by atoms with Gasteiger partial charge in [-0.25, -0.2) is 0 Å². The van der Waals surface area contributed by atoms with Crippen LogP contribution in [0, 0.1) is 16.0 Å². The summed E-state index contributed by atoms with van der Waals surface area (Å²) in [6, 6.07) is 0. The maximum absolute atomic E-state index is 11.1. The smallest absolute Gasteiger partial charge is 0.353 e. The lowest BCUT2D eigenvalue weighted by atomic mass is 10.0. The molecule has 1 aromatic rings. The Morgan fingerprint density at radius 3 is 2.89 bits per heavy atom. The van der Waals surface area contributed by atoms with Crippen LogP contribution in [-0.4, -0.2) is 28.0 Å². The number of hydrogen-bond acceptors (Lipinski definition) is 6. The van der Waals surface area contributed by atoms with Crippen LogP contribution < -0.4 is 10.6 Å². The van der Waals surface area contributed by atoms with Crippen molar-refractivity contribution >= 4 is 28.9 Å². The number of nitrogen functional groups attached to an aromatic ring is 1. The molecule has 1 fully saturated rings. The van der Waals surface area contributed by atoms with E-state index < -0.39 is 4.92 Å². The first kappa shape index (κ1) is 12.8. The zero-order valence-electron chi connectivity index (χ0n) is 9.97. The predicted molar refractivity (Wildman–Crippen MR) is 68.7 cm³/mol. The Bertz CT molecular complexity index is 482. The first-order chi connectivity index (χ1) is 8.49. The summed E-state index contributed by atoms with van der Waals surface area (Å²) in [6.45, 7) is 3.54. The zero-order chi connectivity index (χ0) is 13.3. The van der Waals surface area contributed by atoms with Crippen molar-refractivity contribution in [3.05, 3.63) is 15.4 Å². The number of anilines is 2. The van der Waals surface area contributed by atoms with Gasteiger partial charge in [0.05, 0.1) is 4.92 Å². The first-order valence-corrected chi connectivity index (χ1v) is 6.09. The number of aromatic nitrogens is 2. The van der Waals surface area contributed by atoms with Crippen molar-refractivity contribution < 1.29 is 4.92 Å².